The molecule has 1 aliphatic rings. The summed E-state index contributed by atoms with van der Waals surface area (Å²) in [5.41, 5.74) is 0.277. The van der Waals surface area contributed by atoms with Crippen LogP contribution in [0.3, 0.4) is 0 Å². The molecule has 1 aromatic rings. The number of carbonyl (C=O) groups is 3. The van der Waals surface area contributed by atoms with Gasteiger partial charge in [-0.15, -0.1) is 13.2 Å². The molecule has 3 amide bonds. The summed E-state index contributed by atoms with van der Waals surface area (Å²) < 4.78 is 40.0. The average molecular weight is 359 g/mol. The van der Waals surface area contributed by atoms with Crippen LogP contribution in [0.4, 0.5) is 18.9 Å². The molecule has 10 heteroatoms. The molecule has 2 rings (SSSR count). The Hall–Kier alpha value is -2.62. The fourth-order valence-corrected chi connectivity index (χ4v) is 2.36. The van der Waals surface area contributed by atoms with Gasteiger partial charge >= 0.3 is 6.36 Å². The summed E-state index contributed by atoms with van der Waals surface area (Å²) in [5.74, 6) is -1.57. The highest BCUT2D eigenvalue weighted by atomic mass is 19.4. The molecule has 0 aromatic heterocycles. The van der Waals surface area contributed by atoms with E-state index in [1.165, 1.54) is 31.1 Å². The Kier molecular flexibility index (Phi) is 5.31. The number of benzene rings is 1. The van der Waals surface area contributed by atoms with Crippen molar-refractivity contribution in [3.63, 3.8) is 0 Å². The van der Waals surface area contributed by atoms with E-state index in [9.17, 15) is 27.6 Å². The van der Waals surface area contributed by atoms with Gasteiger partial charge in [0.2, 0.25) is 17.7 Å². The Labute approximate surface area is 141 Å². The lowest BCUT2D eigenvalue weighted by Gasteiger charge is -2.21. The van der Waals surface area contributed by atoms with E-state index in [4.69, 9.17) is 0 Å². The summed E-state index contributed by atoms with van der Waals surface area (Å²) in [5, 5.41) is 2.50. The van der Waals surface area contributed by atoms with Crippen molar-refractivity contribution in [2.45, 2.75) is 18.8 Å². The maximum atomic E-state index is 12.1. The lowest BCUT2D eigenvalue weighted by molar-refractivity contribution is -0.274. The maximum Gasteiger partial charge on any atom is 0.573 e. The molecular formula is C15H16F3N3O4. The van der Waals surface area contributed by atoms with Gasteiger partial charge in [0.1, 0.15) is 5.75 Å². The van der Waals surface area contributed by atoms with Crippen LogP contribution in [0.15, 0.2) is 24.3 Å². The number of nitrogens with one attached hydrogen (secondary N) is 1. The number of amides is 3. The summed E-state index contributed by atoms with van der Waals surface area (Å²) in [7, 11) is 2.91. The van der Waals surface area contributed by atoms with Gasteiger partial charge in [-0.05, 0) is 31.3 Å². The second-order valence-corrected chi connectivity index (χ2v) is 5.55. The summed E-state index contributed by atoms with van der Waals surface area (Å²) in [6.07, 6.45) is -4.78. The number of alkyl halides is 3. The monoisotopic (exact) mass is 359 g/mol. The molecule has 0 radical (unpaired) electrons. The van der Waals surface area contributed by atoms with Crippen LogP contribution in [-0.4, -0.2) is 60.6 Å². The number of hydrogen-bond acceptors (Lipinski definition) is 5. The first-order valence-corrected chi connectivity index (χ1v) is 7.23. The summed E-state index contributed by atoms with van der Waals surface area (Å²) in [4.78, 5) is 37.8. The first-order chi connectivity index (χ1) is 11.6. The zero-order valence-electron chi connectivity index (χ0n) is 13.5. The van der Waals surface area contributed by atoms with Crippen LogP contribution in [0.25, 0.3) is 0 Å². The normalized spacial score (nSPS) is 18.0. The zero-order chi connectivity index (χ0) is 18.8. The summed E-state index contributed by atoms with van der Waals surface area (Å²) in [6.45, 7) is -0.154. The Morgan fingerprint density at radius 2 is 1.92 bits per heavy atom. The molecule has 0 bridgehead atoms. The minimum Gasteiger partial charge on any atom is -0.406 e. The molecule has 1 atom stereocenters. The number of rotatable bonds is 5. The SMILES string of the molecule is CN1C(=O)CC(N(C)CC(=O)Nc2ccc(OC(F)(F)F)cc2)C1=O. The van der Waals surface area contributed by atoms with Crippen LogP contribution in [0.1, 0.15) is 6.42 Å². The van der Waals surface area contributed by atoms with Crippen LogP contribution in [-0.2, 0) is 14.4 Å². The topological polar surface area (TPSA) is 79.0 Å². The third kappa shape index (κ3) is 4.92. The number of likely N-dealkylation sites (tertiary alicyclic amines) is 1. The first-order valence-electron chi connectivity index (χ1n) is 7.23. The van der Waals surface area contributed by atoms with E-state index in [0.717, 1.165) is 17.0 Å². The maximum absolute atomic E-state index is 12.1. The van der Waals surface area contributed by atoms with Crippen LogP contribution in [0.2, 0.25) is 0 Å². The van der Waals surface area contributed by atoms with Crippen molar-refractivity contribution in [1.82, 2.24) is 9.80 Å². The Morgan fingerprint density at radius 1 is 1.32 bits per heavy atom. The molecule has 136 valence electrons. The number of anilines is 1. The molecule has 1 aliphatic heterocycles. The van der Waals surface area contributed by atoms with Crippen molar-refractivity contribution in [2.75, 3.05) is 26.0 Å². The Morgan fingerprint density at radius 3 is 2.40 bits per heavy atom. The molecule has 0 aliphatic carbocycles. The molecule has 0 spiro atoms. The first kappa shape index (κ1) is 18.7. The van der Waals surface area contributed by atoms with Gasteiger partial charge in [0.15, 0.2) is 0 Å². The lowest BCUT2D eigenvalue weighted by atomic mass is 10.2. The third-order valence-corrected chi connectivity index (χ3v) is 3.65. The van der Waals surface area contributed by atoms with Crippen molar-refractivity contribution in [2.24, 2.45) is 0 Å². The second kappa shape index (κ2) is 7.09. The lowest BCUT2D eigenvalue weighted by Crippen LogP contribution is -2.42. The van der Waals surface area contributed by atoms with Crippen molar-refractivity contribution >= 4 is 23.4 Å². The van der Waals surface area contributed by atoms with E-state index in [1.54, 1.807) is 0 Å². The Balaban J connectivity index is 1.90. The molecule has 7 nitrogen and oxygen atoms in total. The van der Waals surface area contributed by atoms with E-state index in [0.29, 0.717) is 0 Å². The Bertz CT molecular complexity index is 676. The number of imide groups is 1. The van der Waals surface area contributed by atoms with Gasteiger partial charge in [-0.25, -0.2) is 0 Å². The smallest absolute Gasteiger partial charge is 0.406 e. The summed E-state index contributed by atoms with van der Waals surface area (Å²) >= 11 is 0. The summed E-state index contributed by atoms with van der Waals surface area (Å²) in [6, 6.07) is 3.96. The molecule has 1 unspecified atom stereocenters. The quantitative estimate of drug-likeness (QED) is 0.800. The number of nitrogens with zero attached hydrogens (tertiary/aromatic N) is 2. The van der Waals surface area contributed by atoms with Crippen LogP contribution in [0.5, 0.6) is 5.75 Å². The van der Waals surface area contributed by atoms with Gasteiger partial charge in [0, 0.05) is 12.7 Å². The highest BCUT2D eigenvalue weighted by Crippen LogP contribution is 2.24. The van der Waals surface area contributed by atoms with Crippen molar-refractivity contribution in [3.05, 3.63) is 24.3 Å². The van der Waals surface area contributed by atoms with Crippen LogP contribution < -0.4 is 10.1 Å². The second-order valence-electron chi connectivity index (χ2n) is 5.55. The minimum atomic E-state index is -4.79. The number of carbonyl (C=O) groups excluding carboxylic acids is 3. The average Bonchev–Trinajstić information content (AvgIpc) is 2.75. The van der Waals surface area contributed by atoms with Gasteiger partial charge < -0.3 is 10.1 Å². The molecule has 1 saturated heterocycles. The number of ether oxygens (including phenoxy) is 1. The molecule has 1 fully saturated rings. The van der Waals surface area contributed by atoms with Crippen molar-refractivity contribution in [3.8, 4) is 5.75 Å². The molecular weight excluding hydrogens is 343 g/mol. The van der Waals surface area contributed by atoms with E-state index in [2.05, 4.69) is 10.1 Å². The largest absolute Gasteiger partial charge is 0.573 e. The van der Waals surface area contributed by atoms with Gasteiger partial charge in [-0.2, -0.15) is 0 Å². The molecule has 1 heterocycles. The van der Waals surface area contributed by atoms with Crippen molar-refractivity contribution < 1.29 is 32.3 Å². The van der Waals surface area contributed by atoms with Crippen LogP contribution >= 0.6 is 0 Å². The number of hydrogen-bond donors (Lipinski definition) is 1. The molecule has 25 heavy (non-hydrogen) atoms. The predicted molar refractivity (Wildman–Crippen MR) is 80.6 cm³/mol. The predicted octanol–water partition coefficient (Wildman–Crippen LogP) is 1.21. The fourth-order valence-electron chi connectivity index (χ4n) is 2.36. The zero-order valence-corrected chi connectivity index (χ0v) is 13.5. The minimum absolute atomic E-state index is 0.00257. The van der Waals surface area contributed by atoms with Gasteiger partial charge in [-0.1, -0.05) is 0 Å². The standard InChI is InChI=1S/C15H16F3N3O4/c1-20(11-7-13(23)21(2)14(11)24)8-12(22)19-9-3-5-10(6-4-9)25-15(16,17)18/h3-6,11H,7-8H2,1-2H3,(H,19,22). The fraction of sp³-hybridized carbons (Fsp3) is 0.400. The molecule has 1 N–H and O–H groups in total. The van der Waals surface area contributed by atoms with E-state index < -0.39 is 24.1 Å². The molecule has 1 aromatic carbocycles. The molecule has 0 saturated carbocycles. The van der Waals surface area contributed by atoms with Gasteiger partial charge in [0.05, 0.1) is 19.0 Å². The van der Waals surface area contributed by atoms with Crippen LogP contribution in [0, 0.1) is 0 Å². The van der Waals surface area contributed by atoms with Gasteiger partial charge in [0.25, 0.3) is 0 Å². The van der Waals surface area contributed by atoms with Crippen molar-refractivity contribution in [1.29, 1.82) is 0 Å². The van der Waals surface area contributed by atoms with E-state index >= 15 is 0 Å². The number of likely N-dealkylation sites (N-methyl/N-ethyl adjacent to an activating group) is 2. The van der Waals surface area contributed by atoms with E-state index in [1.807, 2.05) is 0 Å². The van der Waals surface area contributed by atoms with E-state index in [-0.39, 0.29) is 30.5 Å². The highest BCUT2D eigenvalue weighted by Gasteiger charge is 2.38. The highest BCUT2D eigenvalue weighted by molar-refractivity contribution is 6.05. The third-order valence-electron chi connectivity index (χ3n) is 3.65. The van der Waals surface area contributed by atoms with Gasteiger partial charge in [-0.3, -0.25) is 24.2 Å². The number of halogens is 3.